The Labute approximate surface area is 269 Å². The number of carbonyl (C=O) groups is 2. The number of aryl methyl sites for hydroxylation is 1. The van der Waals surface area contributed by atoms with Crippen molar-refractivity contribution in [1.82, 2.24) is 10.2 Å². The number of para-hydroxylation sites is 2. The summed E-state index contributed by atoms with van der Waals surface area (Å²) in [6.45, 7) is 8.66. The Bertz CT molecular complexity index is 1470. The molecule has 1 unspecified atom stereocenters. The molecule has 8 nitrogen and oxygen atoms in total. The summed E-state index contributed by atoms with van der Waals surface area (Å²) in [7, 11) is -1.44. The number of methoxy groups -OCH3 is 1. The molecule has 2 amide bonds. The minimum atomic E-state index is -3.03. The minimum absolute atomic E-state index is 0.115. The highest BCUT2D eigenvalue weighted by Crippen LogP contribution is 2.37. The first-order chi connectivity index (χ1) is 21.5. The molecule has 4 rings (SSSR count). The second-order valence-corrected chi connectivity index (χ2v) is 13.8. The predicted octanol–water partition coefficient (Wildman–Crippen LogP) is 7.07. The second-order valence-electron chi connectivity index (χ2n) is 11.7. The number of anilines is 1. The Hall–Kier alpha value is -3.69. The van der Waals surface area contributed by atoms with Crippen LogP contribution in [0.4, 0.5) is 10.5 Å². The van der Waals surface area contributed by atoms with Crippen LogP contribution >= 0.6 is 0 Å². The molecule has 1 fully saturated rings. The van der Waals surface area contributed by atoms with Crippen LogP contribution in [0.25, 0.3) is 0 Å². The van der Waals surface area contributed by atoms with E-state index >= 15 is 0 Å². The Morgan fingerprint density at radius 3 is 2.11 bits per heavy atom. The minimum Gasteiger partial charge on any atom is -0.495 e. The maximum Gasteiger partial charge on any atom is 0.319 e. The maximum absolute atomic E-state index is 12.8. The van der Waals surface area contributed by atoms with Gasteiger partial charge in [-0.2, -0.15) is 0 Å². The van der Waals surface area contributed by atoms with Crippen LogP contribution in [0.5, 0.6) is 5.75 Å². The molecule has 0 bridgehead atoms. The number of hydrogen-bond acceptors (Lipinski definition) is 6. The molecule has 45 heavy (non-hydrogen) atoms. The van der Waals surface area contributed by atoms with Gasteiger partial charge in [-0.15, -0.1) is 0 Å². The first-order valence-electron chi connectivity index (χ1n) is 15.8. The van der Waals surface area contributed by atoms with E-state index in [4.69, 9.17) is 4.74 Å². The normalized spacial score (nSPS) is 15.2. The molecule has 0 aromatic heterocycles. The van der Waals surface area contributed by atoms with E-state index in [-0.39, 0.29) is 17.5 Å². The van der Waals surface area contributed by atoms with Gasteiger partial charge >= 0.3 is 6.03 Å². The summed E-state index contributed by atoms with van der Waals surface area (Å²) in [6.07, 6.45) is 6.82. The molecule has 9 heteroatoms. The van der Waals surface area contributed by atoms with Crippen molar-refractivity contribution in [2.75, 3.05) is 38.3 Å². The Morgan fingerprint density at radius 2 is 1.56 bits per heavy atom. The van der Waals surface area contributed by atoms with E-state index in [9.17, 15) is 18.0 Å². The van der Waals surface area contributed by atoms with Crippen molar-refractivity contribution in [1.29, 1.82) is 0 Å². The molecule has 244 valence electrons. The molecule has 0 aliphatic carbocycles. The molecule has 1 heterocycles. The van der Waals surface area contributed by atoms with Gasteiger partial charge in [0.1, 0.15) is 11.5 Å². The fraction of sp³-hybridized carbons (Fsp3) is 0.444. The lowest BCUT2D eigenvalue weighted by molar-refractivity contribution is -0.129. The average Bonchev–Trinajstić information content (AvgIpc) is 3.04. The van der Waals surface area contributed by atoms with Gasteiger partial charge in [0.25, 0.3) is 0 Å². The number of amides is 2. The van der Waals surface area contributed by atoms with Crippen LogP contribution < -0.4 is 15.4 Å². The molecule has 0 spiro atoms. The molecule has 1 aliphatic rings. The zero-order valence-electron chi connectivity index (χ0n) is 27.3. The summed E-state index contributed by atoms with van der Waals surface area (Å²) in [6, 6.07) is 24.0. The number of likely N-dealkylation sites (tertiary alicyclic amines) is 1. The number of benzene rings is 3. The number of ketones is 1. The van der Waals surface area contributed by atoms with Crippen molar-refractivity contribution in [3.05, 3.63) is 90.0 Å². The average molecular weight is 636 g/mol. The number of urea groups is 1. The zero-order chi connectivity index (χ0) is 32.9. The number of rotatable bonds is 12. The van der Waals surface area contributed by atoms with Crippen LogP contribution in [-0.4, -0.2) is 58.1 Å². The third kappa shape index (κ3) is 10.7. The monoisotopic (exact) mass is 635 g/mol. The van der Waals surface area contributed by atoms with Gasteiger partial charge < -0.3 is 20.3 Å². The van der Waals surface area contributed by atoms with Crippen molar-refractivity contribution in [3.8, 4) is 5.75 Å². The van der Waals surface area contributed by atoms with E-state index in [1.807, 2.05) is 73.7 Å². The number of sulfone groups is 1. The van der Waals surface area contributed by atoms with E-state index in [1.54, 1.807) is 26.2 Å². The summed E-state index contributed by atoms with van der Waals surface area (Å²) in [5.41, 5.74) is 2.73. The van der Waals surface area contributed by atoms with Gasteiger partial charge in [0.15, 0.2) is 9.84 Å². The molecular weight excluding hydrogens is 586 g/mol. The molecule has 2 N–H and O–H groups in total. The van der Waals surface area contributed by atoms with E-state index in [0.29, 0.717) is 22.1 Å². The van der Waals surface area contributed by atoms with Gasteiger partial charge in [-0.3, -0.25) is 4.79 Å². The molecule has 1 atom stereocenters. The third-order valence-electron chi connectivity index (χ3n) is 8.64. The SMILES string of the molecule is CCCC1(C(C)=O)CCN(CCC(NC(=O)Nc2ccccc2OC)c2ccccc2)CC1.CCc1ccc(S(C)(=O)=O)cc1. The van der Waals surface area contributed by atoms with Gasteiger partial charge in [0, 0.05) is 18.2 Å². The standard InChI is InChI=1S/C27H37N3O3.C9H12O2S/c1-4-15-27(21(2)31)16-19-30(20-17-27)18-14-23(22-10-6-5-7-11-22)28-26(32)29-24-12-8-9-13-25(24)33-3;1-3-8-4-6-9(7-5-8)12(2,10)11/h5-13,23H,4,14-20H2,1-3H3,(H2,28,29,32);4-7H,3H2,1-2H3. The fourth-order valence-electron chi connectivity index (χ4n) is 5.82. The summed E-state index contributed by atoms with van der Waals surface area (Å²) < 4.78 is 27.4. The largest absolute Gasteiger partial charge is 0.495 e. The fourth-order valence-corrected chi connectivity index (χ4v) is 6.45. The van der Waals surface area contributed by atoms with Crippen LogP contribution in [0.3, 0.4) is 0 Å². The van der Waals surface area contributed by atoms with Crippen molar-refractivity contribution in [2.45, 2.75) is 70.2 Å². The highest BCUT2D eigenvalue weighted by Gasteiger charge is 2.37. The van der Waals surface area contributed by atoms with Crippen molar-refractivity contribution in [2.24, 2.45) is 5.41 Å². The molecule has 1 saturated heterocycles. The summed E-state index contributed by atoms with van der Waals surface area (Å²) in [5, 5.41) is 6.05. The lowest BCUT2D eigenvalue weighted by Crippen LogP contribution is -2.44. The van der Waals surface area contributed by atoms with Gasteiger partial charge in [-0.05, 0) is 87.5 Å². The van der Waals surface area contributed by atoms with Gasteiger partial charge in [-0.1, -0.05) is 74.9 Å². The molecule has 0 saturated carbocycles. The highest BCUT2D eigenvalue weighted by molar-refractivity contribution is 7.90. The van der Waals surface area contributed by atoms with Crippen LogP contribution in [-0.2, 0) is 21.1 Å². The maximum atomic E-state index is 12.8. The summed E-state index contributed by atoms with van der Waals surface area (Å²) in [5.74, 6) is 0.958. The third-order valence-corrected chi connectivity index (χ3v) is 9.77. The first-order valence-corrected chi connectivity index (χ1v) is 17.7. The van der Waals surface area contributed by atoms with Crippen LogP contribution in [0.1, 0.15) is 70.0 Å². The molecule has 3 aromatic rings. The van der Waals surface area contributed by atoms with Crippen molar-refractivity contribution in [3.63, 3.8) is 0 Å². The number of piperidine rings is 1. The van der Waals surface area contributed by atoms with Gasteiger partial charge in [0.2, 0.25) is 0 Å². The van der Waals surface area contributed by atoms with Crippen molar-refractivity contribution >= 4 is 27.3 Å². The van der Waals surface area contributed by atoms with E-state index < -0.39 is 9.84 Å². The number of nitrogens with zero attached hydrogens (tertiary/aromatic N) is 1. The Morgan fingerprint density at radius 1 is 0.933 bits per heavy atom. The van der Waals surface area contributed by atoms with E-state index in [1.165, 1.54) is 6.26 Å². The molecule has 3 aromatic carbocycles. The highest BCUT2D eigenvalue weighted by atomic mass is 32.2. The topological polar surface area (TPSA) is 105 Å². The Kier molecular flexibility index (Phi) is 13.6. The van der Waals surface area contributed by atoms with Gasteiger partial charge in [0.05, 0.1) is 23.7 Å². The number of nitrogens with one attached hydrogen (secondary N) is 2. The van der Waals surface area contributed by atoms with Crippen molar-refractivity contribution < 1.29 is 22.7 Å². The predicted molar refractivity (Wildman–Crippen MR) is 182 cm³/mol. The lowest BCUT2D eigenvalue weighted by atomic mass is 9.72. The number of ether oxygens (including phenoxy) is 1. The first kappa shape index (κ1) is 35.8. The second kappa shape index (κ2) is 17.1. The molecular formula is C36H49N3O5S. The molecule has 1 aliphatic heterocycles. The zero-order valence-corrected chi connectivity index (χ0v) is 28.2. The van der Waals surface area contributed by atoms with Crippen LogP contribution in [0.2, 0.25) is 0 Å². The van der Waals surface area contributed by atoms with E-state index in [2.05, 4.69) is 22.5 Å². The lowest BCUT2D eigenvalue weighted by Gasteiger charge is -2.40. The van der Waals surface area contributed by atoms with Crippen LogP contribution in [0, 0.1) is 5.41 Å². The van der Waals surface area contributed by atoms with Gasteiger partial charge in [-0.25, -0.2) is 13.2 Å². The van der Waals surface area contributed by atoms with Crippen LogP contribution in [0.15, 0.2) is 83.8 Å². The van der Waals surface area contributed by atoms with E-state index in [0.717, 1.165) is 69.3 Å². The number of hydrogen-bond donors (Lipinski definition) is 2. The summed E-state index contributed by atoms with van der Waals surface area (Å²) >= 11 is 0. The number of carbonyl (C=O) groups excluding carboxylic acids is 2. The Balaban J connectivity index is 0.000000385. The quantitative estimate of drug-likeness (QED) is 0.221. The smallest absolute Gasteiger partial charge is 0.319 e. The summed E-state index contributed by atoms with van der Waals surface area (Å²) in [4.78, 5) is 27.9. The number of Topliss-reactive ketones (excluding diaryl/α,β-unsaturated/α-hetero) is 1. The molecule has 0 radical (unpaired) electrons.